The Hall–Kier alpha value is -3.49. The van der Waals surface area contributed by atoms with E-state index in [0.29, 0.717) is 29.8 Å². The molecule has 2 heterocycles. The van der Waals surface area contributed by atoms with Crippen molar-refractivity contribution in [1.29, 1.82) is 0 Å². The van der Waals surface area contributed by atoms with Gasteiger partial charge in [0, 0.05) is 37.8 Å². The van der Waals surface area contributed by atoms with E-state index in [2.05, 4.69) is 10.1 Å². The number of halogens is 2. The highest BCUT2D eigenvalue weighted by molar-refractivity contribution is 6.02. The molecule has 0 saturated carbocycles. The Kier molecular flexibility index (Phi) is 5.58. The Morgan fingerprint density at radius 2 is 1.94 bits per heavy atom. The molecule has 2 aromatic carbocycles. The molecule has 0 spiro atoms. The number of carbonyl (C=O) groups excluding carboxylic acids is 3. The molecule has 1 N–H and O–H groups in total. The average molecular weight is 429 g/mol. The number of ether oxygens (including phenoxy) is 1. The largest absolute Gasteiger partial charge is 0.435 e. The fraction of sp³-hybridized carbons (Fsp3) is 0.318. The third-order valence-electron chi connectivity index (χ3n) is 5.49. The fourth-order valence-electron chi connectivity index (χ4n) is 3.93. The molecule has 31 heavy (non-hydrogen) atoms. The highest BCUT2D eigenvalue weighted by Gasteiger charge is 2.36. The quantitative estimate of drug-likeness (QED) is 0.766. The van der Waals surface area contributed by atoms with Gasteiger partial charge in [0.15, 0.2) is 0 Å². The van der Waals surface area contributed by atoms with Gasteiger partial charge in [-0.3, -0.25) is 14.4 Å². The number of rotatable bonds is 6. The predicted molar refractivity (Wildman–Crippen MR) is 108 cm³/mol. The van der Waals surface area contributed by atoms with Gasteiger partial charge >= 0.3 is 6.61 Å². The van der Waals surface area contributed by atoms with Crippen molar-refractivity contribution in [3.8, 4) is 5.75 Å². The van der Waals surface area contributed by atoms with E-state index >= 15 is 0 Å². The van der Waals surface area contributed by atoms with Crippen LogP contribution in [0.25, 0.3) is 0 Å². The van der Waals surface area contributed by atoms with Gasteiger partial charge in [0.2, 0.25) is 11.8 Å². The Balaban J connectivity index is 1.44. The molecule has 0 aliphatic carbocycles. The lowest BCUT2D eigenvalue weighted by atomic mass is 10.1. The van der Waals surface area contributed by atoms with Gasteiger partial charge in [-0.2, -0.15) is 8.78 Å². The first-order valence-electron chi connectivity index (χ1n) is 9.84. The van der Waals surface area contributed by atoms with Gasteiger partial charge < -0.3 is 19.9 Å². The van der Waals surface area contributed by atoms with Crippen molar-refractivity contribution in [3.63, 3.8) is 0 Å². The highest BCUT2D eigenvalue weighted by Crippen LogP contribution is 2.27. The summed E-state index contributed by atoms with van der Waals surface area (Å²) in [6.45, 7) is -2.19. The summed E-state index contributed by atoms with van der Waals surface area (Å²) >= 11 is 0. The summed E-state index contributed by atoms with van der Waals surface area (Å²) in [5.74, 6) is -0.554. The van der Waals surface area contributed by atoms with Gasteiger partial charge in [-0.05, 0) is 41.8 Å². The van der Waals surface area contributed by atoms with Crippen LogP contribution >= 0.6 is 0 Å². The summed E-state index contributed by atoms with van der Waals surface area (Å²) in [6.07, 6.45) is 0.627. The molecule has 0 radical (unpaired) electrons. The molecule has 0 aromatic heterocycles. The van der Waals surface area contributed by atoms with E-state index in [-0.39, 0.29) is 36.4 Å². The molecule has 7 nitrogen and oxygen atoms in total. The van der Waals surface area contributed by atoms with Crippen LogP contribution in [0.1, 0.15) is 34.3 Å². The van der Waals surface area contributed by atoms with Crippen LogP contribution in [0.5, 0.6) is 5.75 Å². The van der Waals surface area contributed by atoms with Crippen molar-refractivity contribution in [1.82, 2.24) is 9.80 Å². The highest BCUT2D eigenvalue weighted by atomic mass is 19.3. The SMILES string of the molecule is CN1Cc2ccc(NC(=O)[C@H]3CCC(=O)N3Cc3ccc(OC(F)F)cc3)cc2C1=O. The molecule has 2 aromatic rings. The van der Waals surface area contributed by atoms with Crippen LogP contribution in [0.2, 0.25) is 0 Å². The lowest BCUT2D eigenvalue weighted by molar-refractivity contribution is -0.133. The third kappa shape index (κ3) is 4.35. The number of likely N-dealkylation sites (tertiary alicyclic amines) is 1. The standard InChI is InChI=1S/C22H21F2N3O4/c1-26-12-14-4-5-15(10-17(14)21(26)30)25-20(29)18-8-9-19(28)27(18)11-13-2-6-16(7-3-13)31-22(23)24/h2-7,10,18,22H,8-9,11-12H2,1H3,(H,25,29)/t18-/m1/s1. The van der Waals surface area contributed by atoms with Gasteiger partial charge in [0.25, 0.3) is 5.91 Å². The zero-order chi connectivity index (χ0) is 22.1. The van der Waals surface area contributed by atoms with Crippen LogP contribution in [0.15, 0.2) is 42.5 Å². The minimum Gasteiger partial charge on any atom is -0.435 e. The van der Waals surface area contributed by atoms with Crippen LogP contribution in [0.4, 0.5) is 14.5 Å². The van der Waals surface area contributed by atoms with E-state index in [1.165, 1.54) is 17.0 Å². The maximum atomic E-state index is 12.9. The molecule has 1 saturated heterocycles. The number of alkyl halides is 2. The van der Waals surface area contributed by atoms with Gasteiger partial charge in [-0.15, -0.1) is 0 Å². The molecule has 0 bridgehead atoms. The van der Waals surface area contributed by atoms with E-state index in [0.717, 1.165) is 5.56 Å². The minimum atomic E-state index is -2.91. The van der Waals surface area contributed by atoms with E-state index in [9.17, 15) is 23.2 Å². The molecular formula is C22H21F2N3O4. The molecule has 1 fully saturated rings. The molecule has 3 amide bonds. The molecule has 2 aliphatic rings. The number of nitrogens with one attached hydrogen (secondary N) is 1. The number of anilines is 1. The van der Waals surface area contributed by atoms with E-state index in [4.69, 9.17) is 0 Å². The van der Waals surface area contributed by atoms with Crippen molar-refractivity contribution < 1.29 is 27.9 Å². The fourth-order valence-corrected chi connectivity index (χ4v) is 3.93. The Morgan fingerprint density at radius 1 is 1.19 bits per heavy atom. The number of hydrogen-bond donors (Lipinski definition) is 1. The first-order chi connectivity index (χ1) is 14.8. The number of carbonyl (C=O) groups is 3. The molecule has 2 aliphatic heterocycles. The third-order valence-corrected chi connectivity index (χ3v) is 5.49. The topological polar surface area (TPSA) is 79.0 Å². The number of fused-ring (bicyclic) bond motifs is 1. The van der Waals surface area contributed by atoms with Crippen molar-refractivity contribution in [2.75, 3.05) is 12.4 Å². The van der Waals surface area contributed by atoms with Gasteiger partial charge in [-0.25, -0.2) is 0 Å². The van der Waals surface area contributed by atoms with Crippen molar-refractivity contribution in [2.45, 2.75) is 38.6 Å². The molecule has 0 unspecified atom stereocenters. The number of amides is 3. The lowest BCUT2D eigenvalue weighted by Gasteiger charge is -2.24. The van der Waals surface area contributed by atoms with E-state index in [1.807, 2.05) is 6.07 Å². The molecular weight excluding hydrogens is 408 g/mol. The average Bonchev–Trinajstić information content (AvgIpc) is 3.23. The van der Waals surface area contributed by atoms with E-state index < -0.39 is 12.7 Å². The van der Waals surface area contributed by atoms with Crippen LogP contribution in [0.3, 0.4) is 0 Å². The monoisotopic (exact) mass is 429 g/mol. The summed E-state index contributed by atoms with van der Waals surface area (Å²) in [4.78, 5) is 40.5. The van der Waals surface area contributed by atoms with Crippen LogP contribution < -0.4 is 10.1 Å². The predicted octanol–water partition coefficient (Wildman–Crippen LogP) is 3.00. The minimum absolute atomic E-state index is 0.0255. The van der Waals surface area contributed by atoms with Crippen molar-refractivity contribution >= 4 is 23.4 Å². The lowest BCUT2D eigenvalue weighted by Crippen LogP contribution is -2.41. The molecule has 162 valence electrons. The van der Waals surface area contributed by atoms with Crippen molar-refractivity contribution in [3.05, 3.63) is 59.2 Å². The Bertz CT molecular complexity index is 1030. The smallest absolute Gasteiger partial charge is 0.387 e. The summed E-state index contributed by atoms with van der Waals surface area (Å²) in [5.41, 5.74) is 2.66. The van der Waals surface area contributed by atoms with Gasteiger partial charge in [0.1, 0.15) is 11.8 Å². The summed E-state index contributed by atoms with van der Waals surface area (Å²) in [7, 11) is 1.72. The number of nitrogens with zero attached hydrogens (tertiary/aromatic N) is 2. The van der Waals surface area contributed by atoms with Crippen molar-refractivity contribution in [2.24, 2.45) is 0 Å². The number of benzene rings is 2. The maximum absolute atomic E-state index is 12.9. The second kappa shape index (κ2) is 8.33. The van der Waals surface area contributed by atoms with Crippen LogP contribution in [-0.2, 0) is 22.7 Å². The zero-order valence-corrected chi connectivity index (χ0v) is 16.8. The molecule has 1 atom stereocenters. The Morgan fingerprint density at radius 3 is 2.65 bits per heavy atom. The van der Waals surface area contributed by atoms with Gasteiger partial charge in [-0.1, -0.05) is 18.2 Å². The zero-order valence-electron chi connectivity index (χ0n) is 16.8. The first-order valence-corrected chi connectivity index (χ1v) is 9.84. The molecule has 9 heteroatoms. The summed E-state index contributed by atoms with van der Waals surface area (Å²) in [5, 5.41) is 2.81. The van der Waals surface area contributed by atoms with Crippen LogP contribution in [-0.4, -0.2) is 47.2 Å². The normalized spacial score (nSPS) is 18.0. The maximum Gasteiger partial charge on any atom is 0.387 e. The second-order valence-electron chi connectivity index (χ2n) is 7.62. The Labute approximate surface area is 177 Å². The van der Waals surface area contributed by atoms with Crippen LogP contribution in [0, 0.1) is 0 Å². The molecule has 4 rings (SSSR count). The summed E-state index contributed by atoms with van der Waals surface area (Å²) in [6, 6.07) is 10.5. The number of hydrogen-bond acceptors (Lipinski definition) is 4. The van der Waals surface area contributed by atoms with E-state index in [1.54, 1.807) is 36.2 Å². The second-order valence-corrected chi connectivity index (χ2v) is 7.62. The first kappa shape index (κ1) is 20.8. The summed E-state index contributed by atoms with van der Waals surface area (Å²) < 4.78 is 28.9. The van der Waals surface area contributed by atoms with Gasteiger partial charge in [0.05, 0.1) is 0 Å².